The monoisotopic (exact) mass is 305 g/mol. The molecule has 2 rings (SSSR count). The van der Waals surface area contributed by atoms with Crippen LogP contribution in [0.3, 0.4) is 0 Å². The average Bonchev–Trinajstić information content (AvgIpc) is 2.53. The van der Waals surface area contributed by atoms with Crippen LogP contribution >= 0.6 is 0 Å². The standard InChI is InChI=1S/C17H27N3O2/c1-13(18)15-8-5-6-10-20(15)12-17(21)19-11-14-7-3-4-9-16(14)22-2/h3-4,7,9,13,15H,5-6,8,10-12,18H2,1-2H3,(H,19,21). The Hall–Kier alpha value is -1.59. The van der Waals surface area contributed by atoms with Gasteiger partial charge in [-0.2, -0.15) is 0 Å². The highest BCUT2D eigenvalue weighted by molar-refractivity contribution is 5.78. The van der Waals surface area contributed by atoms with Crippen molar-refractivity contribution in [3.8, 4) is 5.75 Å². The molecule has 1 amide bonds. The van der Waals surface area contributed by atoms with Crippen LogP contribution in [0.25, 0.3) is 0 Å². The van der Waals surface area contributed by atoms with Crippen LogP contribution in [0.4, 0.5) is 0 Å². The number of hydrogen-bond donors (Lipinski definition) is 2. The molecule has 22 heavy (non-hydrogen) atoms. The molecule has 1 aromatic carbocycles. The van der Waals surface area contributed by atoms with Crippen LogP contribution in [-0.2, 0) is 11.3 Å². The third-order valence-electron chi connectivity index (χ3n) is 4.29. The summed E-state index contributed by atoms with van der Waals surface area (Å²) in [5.74, 6) is 0.840. The molecule has 0 aliphatic carbocycles. The Morgan fingerprint density at radius 3 is 2.95 bits per heavy atom. The number of likely N-dealkylation sites (tertiary alicyclic amines) is 1. The lowest BCUT2D eigenvalue weighted by atomic mass is 9.97. The fourth-order valence-corrected chi connectivity index (χ4v) is 3.09. The molecule has 0 radical (unpaired) electrons. The minimum atomic E-state index is 0.0402. The van der Waals surface area contributed by atoms with Crippen molar-refractivity contribution in [1.82, 2.24) is 10.2 Å². The van der Waals surface area contributed by atoms with Gasteiger partial charge in [0.1, 0.15) is 5.75 Å². The Bertz CT molecular complexity index is 491. The molecule has 1 saturated heterocycles. The first-order valence-electron chi connectivity index (χ1n) is 8.00. The molecule has 1 aliphatic rings. The van der Waals surface area contributed by atoms with Crippen molar-refractivity contribution in [3.63, 3.8) is 0 Å². The van der Waals surface area contributed by atoms with Gasteiger partial charge in [0, 0.05) is 24.2 Å². The van der Waals surface area contributed by atoms with Crippen molar-refractivity contribution in [2.75, 3.05) is 20.2 Å². The summed E-state index contributed by atoms with van der Waals surface area (Å²) < 4.78 is 5.30. The Morgan fingerprint density at radius 2 is 2.23 bits per heavy atom. The number of benzene rings is 1. The molecule has 3 N–H and O–H groups in total. The van der Waals surface area contributed by atoms with Crippen molar-refractivity contribution in [2.24, 2.45) is 5.73 Å². The molecule has 1 heterocycles. The van der Waals surface area contributed by atoms with Crippen LogP contribution in [0.1, 0.15) is 31.7 Å². The van der Waals surface area contributed by atoms with Crippen LogP contribution in [-0.4, -0.2) is 43.1 Å². The normalized spacial score (nSPS) is 20.4. The van der Waals surface area contributed by atoms with Gasteiger partial charge in [-0.15, -0.1) is 0 Å². The number of nitrogens with two attached hydrogens (primary N) is 1. The molecule has 1 aliphatic heterocycles. The highest BCUT2D eigenvalue weighted by atomic mass is 16.5. The summed E-state index contributed by atoms with van der Waals surface area (Å²) in [7, 11) is 1.64. The van der Waals surface area contributed by atoms with Crippen LogP contribution < -0.4 is 15.8 Å². The Balaban J connectivity index is 1.87. The van der Waals surface area contributed by atoms with Gasteiger partial charge >= 0.3 is 0 Å². The van der Waals surface area contributed by atoms with E-state index in [0.29, 0.717) is 19.1 Å². The largest absolute Gasteiger partial charge is 0.496 e. The van der Waals surface area contributed by atoms with Crippen molar-refractivity contribution in [2.45, 2.75) is 44.8 Å². The lowest BCUT2D eigenvalue weighted by Crippen LogP contribution is -2.52. The third-order valence-corrected chi connectivity index (χ3v) is 4.29. The molecule has 1 fully saturated rings. The summed E-state index contributed by atoms with van der Waals surface area (Å²) in [4.78, 5) is 14.4. The summed E-state index contributed by atoms with van der Waals surface area (Å²) in [6.45, 7) is 3.88. The molecular weight excluding hydrogens is 278 g/mol. The lowest BCUT2D eigenvalue weighted by Gasteiger charge is -2.37. The maximum Gasteiger partial charge on any atom is 0.234 e. The fourth-order valence-electron chi connectivity index (χ4n) is 3.09. The summed E-state index contributed by atoms with van der Waals surface area (Å²) in [6, 6.07) is 8.14. The second-order valence-corrected chi connectivity index (χ2v) is 5.98. The zero-order valence-electron chi connectivity index (χ0n) is 13.5. The first kappa shape index (κ1) is 16.8. The number of rotatable bonds is 6. The molecule has 5 heteroatoms. The van der Waals surface area contributed by atoms with E-state index < -0.39 is 0 Å². The number of nitrogens with one attached hydrogen (secondary N) is 1. The molecular formula is C17H27N3O2. The molecule has 0 spiro atoms. The van der Waals surface area contributed by atoms with E-state index in [1.807, 2.05) is 31.2 Å². The number of ether oxygens (including phenoxy) is 1. The molecule has 0 saturated carbocycles. The maximum atomic E-state index is 12.2. The van der Waals surface area contributed by atoms with Crippen LogP contribution in [0.2, 0.25) is 0 Å². The quantitative estimate of drug-likeness (QED) is 0.836. The second-order valence-electron chi connectivity index (χ2n) is 5.98. The Morgan fingerprint density at radius 1 is 1.45 bits per heavy atom. The summed E-state index contributed by atoms with van der Waals surface area (Å²) in [5.41, 5.74) is 7.03. The molecule has 2 unspecified atom stereocenters. The van der Waals surface area contributed by atoms with E-state index in [1.165, 1.54) is 6.42 Å². The topological polar surface area (TPSA) is 67.6 Å². The van der Waals surface area contributed by atoms with Crippen LogP contribution in [0.15, 0.2) is 24.3 Å². The maximum absolute atomic E-state index is 12.2. The SMILES string of the molecule is COc1ccccc1CNC(=O)CN1CCCCC1C(C)N. The van der Waals surface area contributed by atoms with Gasteiger partial charge in [-0.25, -0.2) is 0 Å². The van der Waals surface area contributed by atoms with E-state index in [1.54, 1.807) is 7.11 Å². The predicted octanol–water partition coefficient (Wildman–Crippen LogP) is 1.51. The van der Waals surface area contributed by atoms with Gasteiger partial charge < -0.3 is 15.8 Å². The fraction of sp³-hybridized carbons (Fsp3) is 0.588. The number of amides is 1. The Labute approximate surface area is 132 Å². The lowest BCUT2D eigenvalue weighted by molar-refractivity contribution is -0.123. The molecule has 1 aromatic rings. The van der Waals surface area contributed by atoms with Gasteiger partial charge in [0.2, 0.25) is 5.91 Å². The number of piperidine rings is 1. The summed E-state index contributed by atoms with van der Waals surface area (Å²) >= 11 is 0. The predicted molar refractivity (Wildman–Crippen MR) is 87.7 cm³/mol. The minimum Gasteiger partial charge on any atom is -0.496 e. The van der Waals surface area contributed by atoms with Gasteiger partial charge in [0.15, 0.2) is 0 Å². The van der Waals surface area contributed by atoms with E-state index >= 15 is 0 Å². The highest BCUT2D eigenvalue weighted by Gasteiger charge is 2.26. The number of nitrogens with zero attached hydrogens (tertiary/aromatic N) is 1. The van der Waals surface area contributed by atoms with E-state index in [2.05, 4.69) is 10.2 Å². The van der Waals surface area contributed by atoms with Gasteiger partial charge in [-0.1, -0.05) is 24.6 Å². The molecule has 0 bridgehead atoms. The van der Waals surface area contributed by atoms with Gasteiger partial charge in [-0.05, 0) is 32.4 Å². The second kappa shape index (κ2) is 8.15. The number of methoxy groups -OCH3 is 1. The van der Waals surface area contributed by atoms with E-state index in [0.717, 1.165) is 30.7 Å². The first-order chi connectivity index (χ1) is 10.6. The molecule has 0 aromatic heterocycles. The summed E-state index contributed by atoms with van der Waals surface area (Å²) in [5, 5.41) is 2.98. The smallest absolute Gasteiger partial charge is 0.234 e. The number of carbonyl (C=O) groups is 1. The number of carbonyl (C=O) groups excluding carboxylic acids is 1. The third kappa shape index (κ3) is 4.45. The first-order valence-corrected chi connectivity index (χ1v) is 8.00. The van der Waals surface area contributed by atoms with E-state index in [4.69, 9.17) is 10.5 Å². The highest BCUT2D eigenvalue weighted by Crippen LogP contribution is 2.19. The average molecular weight is 305 g/mol. The minimum absolute atomic E-state index is 0.0402. The summed E-state index contributed by atoms with van der Waals surface area (Å²) in [6.07, 6.45) is 3.42. The van der Waals surface area contributed by atoms with Gasteiger partial charge in [0.25, 0.3) is 0 Å². The van der Waals surface area contributed by atoms with Crippen LogP contribution in [0.5, 0.6) is 5.75 Å². The van der Waals surface area contributed by atoms with Crippen molar-refractivity contribution >= 4 is 5.91 Å². The zero-order chi connectivity index (χ0) is 15.9. The van der Waals surface area contributed by atoms with E-state index in [-0.39, 0.29) is 11.9 Å². The van der Waals surface area contributed by atoms with Crippen molar-refractivity contribution in [1.29, 1.82) is 0 Å². The number of para-hydroxylation sites is 1. The van der Waals surface area contributed by atoms with Gasteiger partial charge in [-0.3, -0.25) is 9.69 Å². The zero-order valence-corrected chi connectivity index (χ0v) is 13.5. The van der Waals surface area contributed by atoms with Gasteiger partial charge in [0.05, 0.1) is 13.7 Å². The van der Waals surface area contributed by atoms with E-state index in [9.17, 15) is 4.79 Å². The molecule has 122 valence electrons. The van der Waals surface area contributed by atoms with Crippen molar-refractivity contribution < 1.29 is 9.53 Å². The Kier molecular flexibility index (Phi) is 6.21. The van der Waals surface area contributed by atoms with Crippen LogP contribution in [0, 0.1) is 0 Å². The molecule has 2 atom stereocenters. The number of hydrogen-bond acceptors (Lipinski definition) is 4. The van der Waals surface area contributed by atoms with Crippen molar-refractivity contribution in [3.05, 3.63) is 29.8 Å². The molecule has 5 nitrogen and oxygen atoms in total.